The zero-order valence-electron chi connectivity index (χ0n) is 9.51. The summed E-state index contributed by atoms with van der Waals surface area (Å²) in [7, 11) is -2.55. The summed E-state index contributed by atoms with van der Waals surface area (Å²) in [4.78, 5) is 23.9. The summed E-state index contributed by atoms with van der Waals surface area (Å²) in [6.07, 6.45) is -0.172. The average molecular weight is 388 g/mol. The molecule has 0 saturated carbocycles. The molecular weight excluding hydrogens is 380 g/mol. The third kappa shape index (κ3) is 2.84. The van der Waals surface area contributed by atoms with Crippen LogP contribution in [0.15, 0.2) is 14.1 Å². The maximum Gasteiger partial charge on any atom is 0.250 e. The van der Waals surface area contributed by atoms with Gasteiger partial charge < -0.3 is 0 Å². The van der Waals surface area contributed by atoms with Crippen LogP contribution in [0.3, 0.4) is 0 Å². The van der Waals surface area contributed by atoms with Gasteiger partial charge in [-0.15, -0.1) is 11.3 Å². The first-order chi connectivity index (χ1) is 8.72. The molecule has 0 radical (unpaired) electrons. The van der Waals surface area contributed by atoms with Gasteiger partial charge in [-0.25, -0.2) is 8.42 Å². The van der Waals surface area contributed by atoms with Gasteiger partial charge in [-0.2, -0.15) is 4.72 Å². The molecule has 1 aromatic rings. The summed E-state index contributed by atoms with van der Waals surface area (Å²) < 4.78 is 26.8. The Hall–Kier alpha value is -0.480. The molecule has 0 aromatic carbocycles. The quantitative estimate of drug-likeness (QED) is 0.790. The second-order valence-corrected chi connectivity index (χ2v) is 8.57. The van der Waals surface area contributed by atoms with Crippen molar-refractivity contribution in [2.45, 2.75) is 16.7 Å². The fourth-order valence-electron chi connectivity index (χ4n) is 1.55. The summed E-state index contributed by atoms with van der Waals surface area (Å²) in [5, 5.41) is 0.274. The molecule has 10 heteroatoms. The highest BCUT2D eigenvalue weighted by Gasteiger charge is 2.39. The molecule has 2 amide bonds. The van der Waals surface area contributed by atoms with Crippen molar-refractivity contribution in [1.82, 2.24) is 9.62 Å². The van der Waals surface area contributed by atoms with Gasteiger partial charge in [0.1, 0.15) is 10.3 Å². The zero-order valence-corrected chi connectivity index (χ0v) is 13.5. The van der Waals surface area contributed by atoms with Crippen molar-refractivity contribution in [2.24, 2.45) is 0 Å². The molecule has 0 bridgehead atoms. The number of amides is 2. The van der Waals surface area contributed by atoms with Crippen LogP contribution in [0.25, 0.3) is 0 Å². The first-order valence-corrected chi connectivity index (χ1v) is 8.47. The van der Waals surface area contributed by atoms with Crippen LogP contribution in [-0.2, 0) is 19.6 Å². The maximum absolute atomic E-state index is 12.1. The third-order valence-electron chi connectivity index (χ3n) is 2.57. The molecule has 19 heavy (non-hydrogen) atoms. The number of carbonyl (C=O) groups is 2. The molecule has 2 rings (SSSR count). The Morgan fingerprint density at radius 2 is 2.16 bits per heavy atom. The van der Waals surface area contributed by atoms with Gasteiger partial charge in [-0.05, 0) is 22.0 Å². The number of sulfonamides is 1. The minimum absolute atomic E-state index is 0.0147. The first-order valence-electron chi connectivity index (χ1n) is 5.00. The van der Waals surface area contributed by atoms with Crippen LogP contribution in [0.1, 0.15) is 6.42 Å². The molecule has 1 aliphatic rings. The lowest BCUT2D eigenvalue weighted by Crippen LogP contribution is -2.40. The van der Waals surface area contributed by atoms with Crippen molar-refractivity contribution in [1.29, 1.82) is 0 Å². The summed E-state index contributed by atoms with van der Waals surface area (Å²) >= 11 is 9.82. The van der Waals surface area contributed by atoms with Gasteiger partial charge in [0, 0.05) is 7.05 Å². The van der Waals surface area contributed by atoms with Gasteiger partial charge in [0.15, 0.2) is 0 Å². The van der Waals surface area contributed by atoms with Crippen molar-refractivity contribution < 1.29 is 18.0 Å². The number of imide groups is 1. The second kappa shape index (κ2) is 5.13. The Balaban J connectivity index is 2.23. The number of hydrogen-bond donors (Lipinski definition) is 1. The number of likely N-dealkylation sites (N-methyl/N-ethyl adjacent to an activating group) is 1. The number of thiophene rings is 1. The normalized spacial score (nSPS) is 20.4. The van der Waals surface area contributed by atoms with Gasteiger partial charge >= 0.3 is 0 Å². The summed E-state index contributed by atoms with van der Waals surface area (Å²) in [5.41, 5.74) is 0. The summed E-state index contributed by atoms with van der Waals surface area (Å²) in [6.45, 7) is 0. The largest absolute Gasteiger partial charge is 0.284 e. The first kappa shape index (κ1) is 14.9. The number of halogens is 2. The monoisotopic (exact) mass is 386 g/mol. The number of rotatable bonds is 3. The fraction of sp³-hybridized carbons (Fsp3) is 0.333. The second-order valence-electron chi connectivity index (χ2n) is 3.86. The topological polar surface area (TPSA) is 83.6 Å². The Morgan fingerprint density at radius 1 is 1.53 bits per heavy atom. The van der Waals surface area contributed by atoms with Crippen LogP contribution in [0.4, 0.5) is 0 Å². The average Bonchev–Trinajstić information content (AvgIpc) is 2.76. The van der Waals surface area contributed by atoms with Crippen LogP contribution in [0, 0.1) is 0 Å². The van der Waals surface area contributed by atoms with Crippen molar-refractivity contribution in [3.05, 3.63) is 14.9 Å². The summed E-state index contributed by atoms with van der Waals surface area (Å²) in [5.74, 6) is -0.974. The number of likely N-dealkylation sites (tertiary alicyclic amines) is 1. The standard InChI is InChI=1S/C9H8BrClN2O4S2/c1-13-6(14)3-5(9(13)15)12-19(16,17)7-2-4(11)8(10)18-7/h2,5,12H,3H2,1H3. The molecule has 2 heterocycles. The molecule has 104 valence electrons. The van der Waals surface area contributed by atoms with Crippen molar-refractivity contribution in [2.75, 3.05) is 7.05 Å². The molecule has 1 saturated heterocycles. The summed E-state index contributed by atoms with van der Waals surface area (Å²) in [6, 6.07) is 0.228. The molecule has 1 N–H and O–H groups in total. The SMILES string of the molecule is CN1C(=O)CC(NS(=O)(=O)c2cc(Cl)c(Br)s2)C1=O. The van der Waals surface area contributed by atoms with Crippen molar-refractivity contribution in [3.63, 3.8) is 0 Å². The van der Waals surface area contributed by atoms with Gasteiger partial charge in [-0.1, -0.05) is 11.6 Å². The van der Waals surface area contributed by atoms with E-state index in [2.05, 4.69) is 20.7 Å². The van der Waals surface area contributed by atoms with E-state index in [-0.39, 0.29) is 15.7 Å². The van der Waals surface area contributed by atoms with E-state index in [9.17, 15) is 18.0 Å². The lowest BCUT2D eigenvalue weighted by atomic mass is 10.3. The lowest BCUT2D eigenvalue weighted by molar-refractivity contribution is -0.137. The van der Waals surface area contributed by atoms with E-state index in [4.69, 9.17) is 11.6 Å². The van der Waals surface area contributed by atoms with Crippen molar-refractivity contribution >= 4 is 60.7 Å². The van der Waals surface area contributed by atoms with Gasteiger partial charge in [0.2, 0.25) is 11.8 Å². The number of carbonyl (C=O) groups excluding carboxylic acids is 2. The molecule has 1 unspecified atom stereocenters. The van der Waals surface area contributed by atoms with E-state index < -0.39 is 27.9 Å². The van der Waals surface area contributed by atoms with E-state index in [1.165, 1.54) is 13.1 Å². The van der Waals surface area contributed by atoms with Crippen molar-refractivity contribution in [3.8, 4) is 0 Å². The van der Waals surface area contributed by atoms with Crippen LogP contribution >= 0.6 is 38.9 Å². The lowest BCUT2D eigenvalue weighted by Gasteiger charge is -2.10. The number of nitrogens with zero attached hydrogens (tertiary/aromatic N) is 1. The van der Waals surface area contributed by atoms with E-state index in [1.807, 2.05) is 0 Å². The Labute approximate surface area is 126 Å². The molecule has 0 aliphatic carbocycles. The van der Waals surface area contributed by atoms with Gasteiger partial charge in [0.25, 0.3) is 10.0 Å². The molecule has 1 atom stereocenters. The highest BCUT2D eigenvalue weighted by Crippen LogP contribution is 2.34. The molecule has 1 aliphatic heterocycles. The van der Waals surface area contributed by atoms with Crippen LogP contribution in [0.5, 0.6) is 0 Å². The Kier molecular flexibility index (Phi) is 4.03. The molecule has 0 spiro atoms. The fourth-order valence-corrected chi connectivity index (χ4v) is 5.16. The van der Waals surface area contributed by atoms with Crippen LogP contribution in [0.2, 0.25) is 5.02 Å². The Morgan fingerprint density at radius 3 is 2.58 bits per heavy atom. The maximum atomic E-state index is 12.1. The van der Waals surface area contributed by atoms with E-state index in [0.717, 1.165) is 16.2 Å². The molecule has 1 aromatic heterocycles. The number of nitrogens with one attached hydrogen (secondary N) is 1. The molecule has 6 nitrogen and oxygen atoms in total. The highest BCUT2D eigenvalue weighted by molar-refractivity contribution is 9.11. The molecule has 1 fully saturated rings. The Bertz CT molecular complexity index is 638. The van der Waals surface area contributed by atoms with Gasteiger partial charge in [-0.3, -0.25) is 14.5 Å². The molecular formula is C9H8BrClN2O4S2. The van der Waals surface area contributed by atoms with E-state index in [1.54, 1.807) is 0 Å². The third-order valence-corrected chi connectivity index (χ3v) is 6.99. The van der Waals surface area contributed by atoms with Gasteiger partial charge in [0.05, 0.1) is 15.2 Å². The van der Waals surface area contributed by atoms with E-state index >= 15 is 0 Å². The zero-order chi connectivity index (χ0) is 14.4. The highest BCUT2D eigenvalue weighted by atomic mass is 79.9. The van der Waals surface area contributed by atoms with Crippen LogP contribution in [-0.4, -0.2) is 38.2 Å². The smallest absolute Gasteiger partial charge is 0.250 e. The van der Waals surface area contributed by atoms with E-state index in [0.29, 0.717) is 3.79 Å². The predicted octanol–water partition coefficient (Wildman–Crippen LogP) is 1.20. The number of hydrogen-bond acceptors (Lipinski definition) is 5. The van der Waals surface area contributed by atoms with Crippen LogP contribution < -0.4 is 4.72 Å². The minimum atomic E-state index is -3.87. The predicted molar refractivity (Wildman–Crippen MR) is 73.5 cm³/mol. The minimum Gasteiger partial charge on any atom is -0.284 e.